The number of nitrogens with one attached hydrogen (secondary N) is 1. The number of terminal acetylenes is 1. The van der Waals surface area contributed by atoms with E-state index in [4.69, 9.17) is 16.1 Å². The van der Waals surface area contributed by atoms with Crippen LogP contribution in [0.3, 0.4) is 0 Å². The average molecular weight is 717 g/mol. The lowest BCUT2D eigenvalue weighted by atomic mass is 9.95. The topological polar surface area (TPSA) is 155 Å². The standard InChI is InChI=1S/C36H34F2N6O6S/c1-2-25-28(37)7-6-23-15-24(46)16-26(30(23)25)32-31(38)33-27(17-39-32)34(42-35(41-33)50-20-36-9-3-11-44(36)12-4-10-36)43-13-14-51(48,49)19-22(18-43)5-8-29(47)40-21-45/h1,5-8,15-17,21-22,46H,3-4,9-14,18-20H2,(H,40,45,47)/t22-/m1/s1. The first-order chi connectivity index (χ1) is 24.5. The highest BCUT2D eigenvalue weighted by Crippen LogP contribution is 2.41. The Morgan fingerprint density at radius 2 is 1.96 bits per heavy atom. The number of benzene rings is 2. The molecule has 51 heavy (non-hydrogen) atoms. The molecule has 3 aliphatic heterocycles. The second-order valence-corrected chi connectivity index (χ2v) is 15.4. The first kappa shape index (κ1) is 34.3. The molecule has 2 N–H and O–H groups in total. The van der Waals surface area contributed by atoms with E-state index in [1.807, 2.05) is 5.32 Å². The first-order valence-electron chi connectivity index (χ1n) is 16.5. The highest BCUT2D eigenvalue weighted by molar-refractivity contribution is 7.91. The van der Waals surface area contributed by atoms with Gasteiger partial charge in [0.2, 0.25) is 12.3 Å². The molecule has 0 spiro atoms. The molecule has 0 aliphatic carbocycles. The molecule has 2 amide bonds. The highest BCUT2D eigenvalue weighted by Gasteiger charge is 2.45. The number of halogens is 2. The van der Waals surface area contributed by atoms with Crippen LogP contribution in [0, 0.1) is 29.9 Å². The molecule has 264 valence electrons. The molecular formula is C36H34F2N6O6S. The van der Waals surface area contributed by atoms with Gasteiger partial charge in [-0.15, -0.1) is 6.42 Å². The van der Waals surface area contributed by atoms with Crippen molar-refractivity contribution in [3.8, 4) is 35.4 Å². The van der Waals surface area contributed by atoms with Crippen molar-refractivity contribution in [1.82, 2.24) is 25.2 Å². The van der Waals surface area contributed by atoms with E-state index in [1.54, 1.807) is 4.90 Å². The number of hydrogen-bond donors (Lipinski definition) is 2. The number of pyridine rings is 1. The number of carbonyl (C=O) groups is 2. The van der Waals surface area contributed by atoms with E-state index < -0.39 is 33.3 Å². The average Bonchev–Trinajstić information content (AvgIpc) is 3.64. The second kappa shape index (κ2) is 13.5. The Morgan fingerprint density at radius 3 is 2.71 bits per heavy atom. The Labute approximate surface area is 292 Å². The molecule has 2 aromatic heterocycles. The summed E-state index contributed by atoms with van der Waals surface area (Å²) in [7, 11) is -3.59. The van der Waals surface area contributed by atoms with Crippen LogP contribution in [-0.4, -0.2) is 95.5 Å². The summed E-state index contributed by atoms with van der Waals surface area (Å²) in [4.78, 5) is 40.4. The van der Waals surface area contributed by atoms with E-state index >= 15 is 4.39 Å². The van der Waals surface area contributed by atoms with E-state index in [-0.39, 0.29) is 93.8 Å². The van der Waals surface area contributed by atoms with Crippen LogP contribution in [0.15, 0.2) is 42.6 Å². The molecule has 0 saturated carbocycles. The third kappa shape index (κ3) is 6.57. The van der Waals surface area contributed by atoms with Crippen molar-refractivity contribution in [3.63, 3.8) is 0 Å². The number of nitrogens with zero attached hydrogens (tertiary/aromatic N) is 5. The zero-order chi connectivity index (χ0) is 35.9. The largest absolute Gasteiger partial charge is 0.508 e. The Hall–Kier alpha value is -5.20. The lowest BCUT2D eigenvalue weighted by molar-refractivity contribution is -0.121. The Bertz CT molecular complexity index is 2250. The number of sulfone groups is 1. The fourth-order valence-electron chi connectivity index (χ4n) is 7.65. The molecule has 3 saturated heterocycles. The van der Waals surface area contributed by atoms with Gasteiger partial charge >= 0.3 is 6.01 Å². The van der Waals surface area contributed by atoms with Crippen molar-refractivity contribution in [2.75, 3.05) is 49.2 Å². The van der Waals surface area contributed by atoms with Crippen LogP contribution in [-0.2, 0) is 19.4 Å². The fourth-order valence-corrected chi connectivity index (χ4v) is 9.19. The molecule has 12 nitrogen and oxygen atoms in total. The van der Waals surface area contributed by atoms with Crippen LogP contribution in [0.2, 0.25) is 0 Å². The van der Waals surface area contributed by atoms with Crippen LogP contribution in [0.4, 0.5) is 14.6 Å². The molecule has 3 aliphatic rings. The number of aromatic nitrogens is 3. The molecule has 5 heterocycles. The predicted octanol–water partition coefficient (Wildman–Crippen LogP) is 3.50. The molecule has 0 bridgehead atoms. The maximum Gasteiger partial charge on any atom is 0.319 e. The van der Waals surface area contributed by atoms with Gasteiger partial charge in [-0.3, -0.25) is 24.8 Å². The van der Waals surface area contributed by atoms with Crippen molar-refractivity contribution < 1.29 is 36.6 Å². The van der Waals surface area contributed by atoms with E-state index in [0.29, 0.717) is 5.39 Å². The van der Waals surface area contributed by atoms with Gasteiger partial charge in [0.25, 0.3) is 0 Å². The highest BCUT2D eigenvalue weighted by atomic mass is 32.2. The quantitative estimate of drug-likeness (QED) is 0.157. The van der Waals surface area contributed by atoms with Gasteiger partial charge in [-0.05, 0) is 68.4 Å². The minimum atomic E-state index is -3.59. The lowest BCUT2D eigenvalue weighted by Gasteiger charge is -2.31. The Kier molecular flexibility index (Phi) is 9.07. The number of anilines is 1. The van der Waals surface area contributed by atoms with Gasteiger partial charge < -0.3 is 14.7 Å². The van der Waals surface area contributed by atoms with Crippen LogP contribution in [0.5, 0.6) is 11.8 Å². The zero-order valence-electron chi connectivity index (χ0n) is 27.4. The Balaban J connectivity index is 1.37. The first-order valence-corrected chi connectivity index (χ1v) is 18.4. The summed E-state index contributed by atoms with van der Waals surface area (Å²) in [5, 5.41) is 13.3. The molecule has 2 aromatic carbocycles. The molecule has 0 unspecified atom stereocenters. The maximum atomic E-state index is 17.0. The summed E-state index contributed by atoms with van der Waals surface area (Å²) >= 11 is 0. The molecule has 4 aromatic rings. The minimum absolute atomic E-state index is 0.0121. The number of carbonyl (C=O) groups excluding carboxylic acids is 2. The molecule has 1 atom stereocenters. The molecular weight excluding hydrogens is 682 g/mol. The Morgan fingerprint density at radius 1 is 1.18 bits per heavy atom. The van der Waals surface area contributed by atoms with Crippen molar-refractivity contribution in [2.45, 2.75) is 31.2 Å². The van der Waals surface area contributed by atoms with Crippen LogP contribution in [0.1, 0.15) is 31.2 Å². The number of rotatable bonds is 8. The summed E-state index contributed by atoms with van der Waals surface area (Å²) in [6, 6.07) is 5.12. The van der Waals surface area contributed by atoms with Crippen molar-refractivity contribution in [1.29, 1.82) is 0 Å². The number of fused-ring (bicyclic) bond motifs is 3. The van der Waals surface area contributed by atoms with Gasteiger partial charge in [0, 0.05) is 36.2 Å². The van der Waals surface area contributed by atoms with Gasteiger partial charge in [-0.2, -0.15) is 9.97 Å². The van der Waals surface area contributed by atoms with Gasteiger partial charge in [0.1, 0.15) is 35.2 Å². The number of amides is 2. The monoisotopic (exact) mass is 716 g/mol. The second-order valence-electron chi connectivity index (χ2n) is 13.2. The number of ether oxygens (including phenoxy) is 1. The molecule has 7 rings (SSSR count). The van der Waals surface area contributed by atoms with Crippen LogP contribution >= 0.6 is 0 Å². The summed E-state index contributed by atoms with van der Waals surface area (Å²) in [5.41, 5.74) is -0.708. The number of phenolic OH excluding ortho intramolecular Hbond substituents is 1. The predicted molar refractivity (Wildman–Crippen MR) is 186 cm³/mol. The van der Waals surface area contributed by atoms with E-state index in [9.17, 15) is 27.5 Å². The third-order valence-corrected chi connectivity index (χ3v) is 11.7. The van der Waals surface area contributed by atoms with Gasteiger partial charge in [-0.1, -0.05) is 18.1 Å². The van der Waals surface area contributed by atoms with Crippen LogP contribution < -0.4 is 15.0 Å². The van der Waals surface area contributed by atoms with E-state index in [0.717, 1.165) is 44.8 Å². The minimum Gasteiger partial charge on any atom is -0.508 e. The number of imide groups is 1. The summed E-state index contributed by atoms with van der Waals surface area (Å²) in [6.07, 6.45) is 13.7. The van der Waals surface area contributed by atoms with E-state index in [2.05, 4.69) is 20.8 Å². The van der Waals surface area contributed by atoms with Crippen molar-refractivity contribution >= 4 is 49.6 Å². The third-order valence-electron chi connectivity index (χ3n) is 9.99. The van der Waals surface area contributed by atoms with Gasteiger partial charge in [0.15, 0.2) is 15.7 Å². The molecule has 0 radical (unpaired) electrons. The lowest BCUT2D eigenvalue weighted by Crippen LogP contribution is -2.43. The normalized spacial score (nSPS) is 19.9. The zero-order valence-corrected chi connectivity index (χ0v) is 28.3. The van der Waals surface area contributed by atoms with Gasteiger partial charge in [0.05, 0.1) is 28.0 Å². The molecule has 15 heteroatoms. The SMILES string of the molecule is C#Cc1c(F)ccc2cc(O)cc(-c3ncc4c(N5CCS(=O)(=O)C[C@H](C=CC(=O)NC=O)C5)nc(OCC56CCCN5CCC6)nc4c3F)c12. The van der Waals surface area contributed by atoms with Crippen LogP contribution in [0.25, 0.3) is 32.9 Å². The van der Waals surface area contributed by atoms with Crippen molar-refractivity contribution in [2.24, 2.45) is 5.92 Å². The van der Waals surface area contributed by atoms with Gasteiger partial charge in [-0.25, -0.2) is 17.2 Å². The fraction of sp³-hybridized carbons (Fsp3) is 0.361. The summed E-state index contributed by atoms with van der Waals surface area (Å²) in [5.74, 6) is -1.25. The number of aromatic hydroxyl groups is 1. The maximum absolute atomic E-state index is 17.0. The number of phenols is 1. The summed E-state index contributed by atoms with van der Waals surface area (Å²) in [6.45, 7) is 2.24. The smallest absolute Gasteiger partial charge is 0.319 e. The number of hydrogen-bond acceptors (Lipinski definition) is 11. The van der Waals surface area contributed by atoms with E-state index in [1.165, 1.54) is 36.5 Å². The summed E-state index contributed by atoms with van der Waals surface area (Å²) < 4.78 is 64.0. The molecule has 3 fully saturated rings. The van der Waals surface area contributed by atoms with Crippen molar-refractivity contribution in [3.05, 3.63) is 59.8 Å².